The maximum atomic E-state index is 13.2. The summed E-state index contributed by atoms with van der Waals surface area (Å²) in [4.78, 5) is 4.09. The number of rotatable bonds is 1. The van der Waals surface area contributed by atoms with Crippen molar-refractivity contribution in [3.8, 4) is 0 Å². The maximum Gasteiger partial charge on any atom is 0.139 e. The molecule has 2 nitrogen and oxygen atoms in total. The second kappa shape index (κ2) is 3.53. The highest BCUT2D eigenvalue weighted by Crippen LogP contribution is 2.26. The molecule has 0 saturated heterocycles. The zero-order valence-corrected chi connectivity index (χ0v) is 9.10. The van der Waals surface area contributed by atoms with Crippen LogP contribution in [0.2, 0.25) is 0 Å². The molecule has 1 aromatic carbocycles. The van der Waals surface area contributed by atoms with Crippen molar-refractivity contribution in [1.82, 2.24) is 4.98 Å². The van der Waals surface area contributed by atoms with Crippen LogP contribution < -0.4 is 5.32 Å². The predicted molar refractivity (Wildman–Crippen MR) is 58.9 cm³/mol. The Bertz CT molecular complexity index is 485. The molecule has 0 unspecified atom stereocenters. The number of benzene rings is 1. The first-order valence-electron chi connectivity index (χ1n) is 4.14. The molecule has 0 saturated carbocycles. The van der Waals surface area contributed by atoms with E-state index in [0.29, 0.717) is 9.99 Å². The van der Waals surface area contributed by atoms with Crippen LogP contribution in [0.4, 0.5) is 10.1 Å². The van der Waals surface area contributed by atoms with E-state index >= 15 is 0 Å². The van der Waals surface area contributed by atoms with Crippen LogP contribution in [0.15, 0.2) is 28.9 Å². The normalized spacial score (nSPS) is 10.5. The summed E-state index contributed by atoms with van der Waals surface area (Å²) in [6.07, 6.45) is 1.65. The van der Waals surface area contributed by atoms with Crippen LogP contribution in [0.1, 0.15) is 0 Å². The van der Waals surface area contributed by atoms with E-state index in [1.165, 1.54) is 6.07 Å². The van der Waals surface area contributed by atoms with E-state index in [1.54, 1.807) is 12.3 Å². The van der Waals surface area contributed by atoms with Gasteiger partial charge in [0, 0.05) is 30.4 Å². The van der Waals surface area contributed by atoms with Crippen LogP contribution in [-0.2, 0) is 0 Å². The number of aromatic nitrogens is 1. The SMILES string of the molecule is CNc1ccnc2cc(F)c(Br)cc12. The molecule has 0 atom stereocenters. The third-order valence-corrected chi connectivity index (χ3v) is 2.66. The van der Waals surface area contributed by atoms with Gasteiger partial charge in [-0.3, -0.25) is 4.98 Å². The molecule has 14 heavy (non-hydrogen) atoms. The van der Waals surface area contributed by atoms with Crippen molar-refractivity contribution in [3.63, 3.8) is 0 Å². The van der Waals surface area contributed by atoms with Crippen molar-refractivity contribution in [2.24, 2.45) is 0 Å². The molecule has 1 aromatic heterocycles. The van der Waals surface area contributed by atoms with Gasteiger partial charge in [0.25, 0.3) is 0 Å². The number of hydrogen-bond acceptors (Lipinski definition) is 2. The van der Waals surface area contributed by atoms with Gasteiger partial charge in [-0.15, -0.1) is 0 Å². The van der Waals surface area contributed by atoms with E-state index in [1.807, 2.05) is 13.1 Å². The molecular weight excluding hydrogens is 247 g/mol. The van der Waals surface area contributed by atoms with Crippen LogP contribution in [0.5, 0.6) is 0 Å². The molecule has 0 spiro atoms. The van der Waals surface area contributed by atoms with E-state index in [-0.39, 0.29) is 5.82 Å². The quantitative estimate of drug-likeness (QED) is 0.846. The summed E-state index contributed by atoms with van der Waals surface area (Å²) < 4.78 is 13.6. The third-order valence-electron chi connectivity index (χ3n) is 2.05. The van der Waals surface area contributed by atoms with Crippen LogP contribution in [0.3, 0.4) is 0 Å². The molecule has 72 valence electrons. The van der Waals surface area contributed by atoms with E-state index < -0.39 is 0 Å². The summed E-state index contributed by atoms with van der Waals surface area (Å²) >= 11 is 3.15. The molecule has 1 heterocycles. The van der Waals surface area contributed by atoms with Gasteiger partial charge in [0.1, 0.15) is 5.82 Å². The summed E-state index contributed by atoms with van der Waals surface area (Å²) in [5, 5.41) is 3.94. The van der Waals surface area contributed by atoms with Gasteiger partial charge in [-0.25, -0.2) is 4.39 Å². The average molecular weight is 255 g/mol. The first-order valence-corrected chi connectivity index (χ1v) is 4.93. The molecule has 0 aliphatic carbocycles. The van der Waals surface area contributed by atoms with Crippen molar-refractivity contribution in [3.05, 3.63) is 34.7 Å². The zero-order valence-electron chi connectivity index (χ0n) is 7.51. The summed E-state index contributed by atoms with van der Waals surface area (Å²) in [5.41, 5.74) is 1.59. The molecule has 1 N–H and O–H groups in total. The van der Waals surface area contributed by atoms with Gasteiger partial charge in [0.15, 0.2) is 0 Å². The number of pyridine rings is 1. The Morgan fingerprint density at radius 3 is 2.93 bits per heavy atom. The van der Waals surface area contributed by atoms with Crippen molar-refractivity contribution in [1.29, 1.82) is 0 Å². The second-order valence-corrected chi connectivity index (χ2v) is 3.75. The first-order chi connectivity index (χ1) is 6.72. The fourth-order valence-corrected chi connectivity index (χ4v) is 1.70. The predicted octanol–water partition coefficient (Wildman–Crippen LogP) is 3.18. The van der Waals surface area contributed by atoms with Crippen LogP contribution in [0.25, 0.3) is 10.9 Å². The summed E-state index contributed by atoms with van der Waals surface area (Å²) in [7, 11) is 1.83. The molecule has 2 aromatic rings. The van der Waals surface area contributed by atoms with Crippen molar-refractivity contribution < 1.29 is 4.39 Å². The van der Waals surface area contributed by atoms with E-state index in [9.17, 15) is 4.39 Å². The Balaban J connectivity index is 2.81. The lowest BCUT2D eigenvalue weighted by Gasteiger charge is -2.05. The highest BCUT2D eigenvalue weighted by Gasteiger charge is 2.05. The van der Waals surface area contributed by atoms with Crippen molar-refractivity contribution in [2.75, 3.05) is 12.4 Å². The Morgan fingerprint density at radius 1 is 1.43 bits per heavy atom. The number of hydrogen-bond donors (Lipinski definition) is 1. The lowest BCUT2D eigenvalue weighted by Crippen LogP contribution is -1.91. The number of nitrogens with one attached hydrogen (secondary N) is 1. The van der Waals surface area contributed by atoms with Gasteiger partial charge < -0.3 is 5.32 Å². The van der Waals surface area contributed by atoms with Crippen LogP contribution in [-0.4, -0.2) is 12.0 Å². The minimum Gasteiger partial charge on any atom is -0.388 e. The molecule has 0 amide bonds. The van der Waals surface area contributed by atoms with Gasteiger partial charge in [-0.05, 0) is 28.1 Å². The van der Waals surface area contributed by atoms with Crippen LogP contribution >= 0.6 is 15.9 Å². The molecule has 2 rings (SSSR count). The first kappa shape index (κ1) is 9.40. The summed E-state index contributed by atoms with van der Waals surface area (Å²) in [5.74, 6) is -0.293. The maximum absolute atomic E-state index is 13.2. The number of nitrogens with zero attached hydrogens (tertiary/aromatic N) is 1. The molecule has 4 heteroatoms. The van der Waals surface area contributed by atoms with Gasteiger partial charge in [0.2, 0.25) is 0 Å². The molecule has 0 radical (unpaired) electrons. The molecule has 0 bridgehead atoms. The van der Waals surface area contributed by atoms with E-state index in [4.69, 9.17) is 0 Å². The second-order valence-electron chi connectivity index (χ2n) is 2.89. The summed E-state index contributed by atoms with van der Waals surface area (Å²) in [6, 6.07) is 5.00. The number of halogens is 2. The van der Waals surface area contributed by atoms with Gasteiger partial charge in [0.05, 0.1) is 9.99 Å². The summed E-state index contributed by atoms with van der Waals surface area (Å²) in [6.45, 7) is 0. The average Bonchev–Trinajstić information content (AvgIpc) is 2.19. The lowest BCUT2D eigenvalue weighted by atomic mass is 10.2. The highest BCUT2D eigenvalue weighted by atomic mass is 79.9. The fourth-order valence-electron chi connectivity index (χ4n) is 1.36. The largest absolute Gasteiger partial charge is 0.388 e. The van der Waals surface area contributed by atoms with E-state index in [0.717, 1.165) is 11.1 Å². The molecule has 0 aliphatic heterocycles. The molecule has 0 fully saturated rings. The Labute approximate surface area is 89.3 Å². The standard InChI is InChI=1S/C10H8BrFN2/c1-13-9-2-3-14-10-5-8(12)7(11)4-6(9)10/h2-5H,1H3,(H,13,14). The Morgan fingerprint density at radius 2 is 2.21 bits per heavy atom. The smallest absolute Gasteiger partial charge is 0.139 e. The number of anilines is 1. The fraction of sp³-hybridized carbons (Fsp3) is 0.100. The van der Waals surface area contributed by atoms with Gasteiger partial charge in [-0.1, -0.05) is 0 Å². The minimum atomic E-state index is -0.293. The zero-order chi connectivity index (χ0) is 10.1. The monoisotopic (exact) mass is 254 g/mol. The van der Waals surface area contributed by atoms with Gasteiger partial charge in [-0.2, -0.15) is 0 Å². The Hall–Kier alpha value is -1.16. The van der Waals surface area contributed by atoms with E-state index in [2.05, 4.69) is 26.2 Å². The van der Waals surface area contributed by atoms with Crippen LogP contribution in [0, 0.1) is 5.82 Å². The molecule has 0 aliphatic rings. The lowest BCUT2D eigenvalue weighted by molar-refractivity contribution is 0.623. The topological polar surface area (TPSA) is 24.9 Å². The van der Waals surface area contributed by atoms with Gasteiger partial charge >= 0.3 is 0 Å². The van der Waals surface area contributed by atoms with Crippen molar-refractivity contribution in [2.45, 2.75) is 0 Å². The number of fused-ring (bicyclic) bond motifs is 1. The molecular formula is C10H8BrFN2. The third kappa shape index (κ3) is 1.46. The Kier molecular flexibility index (Phi) is 2.37. The highest BCUT2D eigenvalue weighted by molar-refractivity contribution is 9.10. The van der Waals surface area contributed by atoms with Crippen molar-refractivity contribution >= 4 is 32.5 Å². The minimum absolute atomic E-state index is 0.293.